The van der Waals surface area contributed by atoms with Gasteiger partial charge < -0.3 is 4.98 Å². The van der Waals surface area contributed by atoms with Crippen LogP contribution in [0, 0.1) is 0 Å². The molecule has 1 saturated carbocycles. The topological polar surface area (TPSA) is 50.7 Å². The lowest BCUT2D eigenvalue weighted by Crippen LogP contribution is -2.18. The molecule has 0 saturated heterocycles. The molecule has 4 nitrogen and oxygen atoms in total. The van der Waals surface area contributed by atoms with Gasteiger partial charge in [-0.1, -0.05) is 12.5 Å². The number of nitrogens with zero attached hydrogens (tertiary/aromatic N) is 2. The fourth-order valence-electron chi connectivity index (χ4n) is 3.14. The normalized spacial score (nSPS) is 15.6. The Balaban J connectivity index is 1.86. The largest absolute Gasteiger partial charge is 0.326 e. The number of aromatic amines is 1. The number of para-hydroxylation sites is 1. The Kier molecular flexibility index (Phi) is 3.18. The fraction of sp³-hybridized carbons (Fsp3) is 0.412. The van der Waals surface area contributed by atoms with Gasteiger partial charge in [-0.15, -0.1) is 11.3 Å². The highest BCUT2D eigenvalue weighted by Gasteiger charge is 2.23. The van der Waals surface area contributed by atoms with Gasteiger partial charge in [-0.3, -0.25) is 4.57 Å². The van der Waals surface area contributed by atoms with Crippen LogP contribution in [0.5, 0.6) is 0 Å². The average Bonchev–Trinajstić information content (AvgIpc) is 2.99. The Morgan fingerprint density at radius 1 is 1.36 bits per heavy atom. The lowest BCUT2D eigenvalue weighted by molar-refractivity contribution is 0.413. The third-order valence-corrected chi connectivity index (χ3v) is 5.44. The van der Waals surface area contributed by atoms with Gasteiger partial charge in [0.2, 0.25) is 0 Å². The molecule has 22 heavy (non-hydrogen) atoms. The quantitative estimate of drug-likeness (QED) is 0.783. The lowest BCUT2D eigenvalue weighted by atomic mass is 9.83. The van der Waals surface area contributed by atoms with E-state index in [9.17, 15) is 4.79 Å². The van der Waals surface area contributed by atoms with Crippen LogP contribution in [0.4, 0.5) is 0 Å². The van der Waals surface area contributed by atoms with Gasteiger partial charge >= 0.3 is 5.69 Å². The number of thiazole rings is 1. The van der Waals surface area contributed by atoms with Crippen LogP contribution in [0.25, 0.3) is 21.6 Å². The third-order valence-electron chi connectivity index (χ3n) is 4.54. The molecule has 3 aromatic rings. The second kappa shape index (κ2) is 5.09. The molecule has 0 aliphatic heterocycles. The van der Waals surface area contributed by atoms with Gasteiger partial charge in [-0.05, 0) is 38.8 Å². The summed E-state index contributed by atoms with van der Waals surface area (Å²) < 4.78 is 1.80. The third kappa shape index (κ3) is 2.03. The molecule has 0 amide bonds. The monoisotopic (exact) mass is 313 g/mol. The van der Waals surface area contributed by atoms with Gasteiger partial charge in [0.05, 0.1) is 16.7 Å². The Hall–Kier alpha value is -1.88. The summed E-state index contributed by atoms with van der Waals surface area (Å²) in [6.07, 6.45) is 3.83. The van der Waals surface area contributed by atoms with Crippen molar-refractivity contribution in [2.75, 3.05) is 0 Å². The van der Waals surface area contributed by atoms with E-state index in [4.69, 9.17) is 4.98 Å². The highest BCUT2D eigenvalue weighted by Crippen LogP contribution is 2.39. The van der Waals surface area contributed by atoms with E-state index in [1.165, 1.54) is 25.0 Å². The minimum absolute atomic E-state index is 0.0479. The minimum atomic E-state index is -0.0479. The van der Waals surface area contributed by atoms with E-state index in [1.54, 1.807) is 15.9 Å². The maximum atomic E-state index is 12.2. The molecular weight excluding hydrogens is 294 g/mol. The summed E-state index contributed by atoms with van der Waals surface area (Å²) in [7, 11) is 0. The minimum Gasteiger partial charge on any atom is -0.305 e. The number of hydrogen-bond donors (Lipinski definition) is 1. The first-order valence-corrected chi connectivity index (χ1v) is 8.72. The second-order valence-corrected chi connectivity index (χ2v) is 7.16. The number of hydrogen-bond acceptors (Lipinski definition) is 3. The zero-order chi connectivity index (χ0) is 15.3. The van der Waals surface area contributed by atoms with Gasteiger partial charge in [0.15, 0.2) is 0 Å². The van der Waals surface area contributed by atoms with Crippen LogP contribution >= 0.6 is 11.3 Å². The van der Waals surface area contributed by atoms with Crippen molar-refractivity contribution in [3.8, 4) is 10.6 Å². The number of H-pyrrole nitrogens is 1. The van der Waals surface area contributed by atoms with Crippen LogP contribution in [0.15, 0.2) is 28.4 Å². The summed E-state index contributed by atoms with van der Waals surface area (Å²) >= 11 is 1.68. The van der Waals surface area contributed by atoms with Gasteiger partial charge in [-0.25, -0.2) is 9.78 Å². The Labute approximate surface area is 132 Å². The number of nitrogens with one attached hydrogen (secondary N) is 1. The molecule has 1 N–H and O–H groups in total. The maximum Gasteiger partial charge on any atom is 0.326 e. The van der Waals surface area contributed by atoms with Crippen LogP contribution in [0.1, 0.15) is 50.8 Å². The summed E-state index contributed by atoms with van der Waals surface area (Å²) in [5, 5.41) is 3.18. The summed E-state index contributed by atoms with van der Waals surface area (Å²) in [6.45, 7) is 4.05. The van der Waals surface area contributed by atoms with Gasteiger partial charge in [0, 0.05) is 22.9 Å². The van der Waals surface area contributed by atoms with Crippen molar-refractivity contribution < 1.29 is 0 Å². The molecule has 1 aliphatic rings. The van der Waals surface area contributed by atoms with Crippen LogP contribution in [0.2, 0.25) is 0 Å². The SMILES string of the molecule is CC(C)n1c(=O)[nH]c2c(-c3nc(C4CCC4)cs3)cccc21. The van der Waals surface area contributed by atoms with Crippen LogP contribution in [-0.4, -0.2) is 14.5 Å². The summed E-state index contributed by atoms with van der Waals surface area (Å²) in [5.41, 5.74) is 4.06. The second-order valence-electron chi connectivity index (χ2n) is 6.30. The first kappa shape index (κ1) is 13.8. The van der Waals surface area contributed by atoms with E-state index in [0.717, 1.165) is 21.6 Å². The molecule has 0 spiro atoms. The first-order chi connectivity index (χ1) is 10.6. The van der Waals surface area contributed by atoms with Gasteiger partial charge in [-0.2, -0.15) is 0 Å². The summed E-state index contributed by atoms with van der Waals surface area (Å²) in [4.78, 5) is 20.1. The molecule has 1 aromatic carbocycles. The van der Waals surface area contributed by atoms with Crippen LogP contribution in [0.3, 0.4) is 0 Å². The van der Waals surface area contributed by atoms with Crippen LogP contribution < -0.4 is 5.69 Å². The van der Waals surface area contributed by atoms with E-state index in [-0.39, 0.29) is 11.7 Å². The van der Waals surface area contributed by atoms with Gasteiger partial charge in [0.25, 0.3) is 0 Å². The zero-order valence-electron chi connectivity index (χ0n) is 12.8. The molecule has 0 atom stereocenters. The Bertz CT molecular complexity index is 883. The number of aromatic nitrogens is 3. The molecule has 5 heteroatoms. The molecule has 0 bridgehead atoms. The Morgan fingerprint density at radius 2 is 2.18 bits per heavy atom. The van der Waals surface area contributed by atoms with Crippen molar-refractivity contribution in [3.63, 3.8) is 0 Å². The molecule has 0 unspecified atom stereocenters. The molecule has 1 fully saturated rings. The van der Waals surface area contributed by atoms with E-state index >= 15 is 0 Å². The standard InChI is InChI=1S/C17H19N3OS/c1-10(2)20-14-8-4-7-12(15(14)19-17(20)21)16-18-13(9-22-16)11-5-3-6-11/h4,7-11H,3,5-6H2,1-2H3,(H,19,21). The van der Waals surface area contributed by atoms with E-state index < -0.39 is 0 Å². The van der Waals surface area contributed by atoms with E-state index in [1.807, 2.05) is 32.0 Å². The maximum absolute atomic E-state index is 12.2. The van der Waals surface area contributed by atoms with Crippen LogP contribution in [-0.2, 0) is 0 Å². The number of imidazole rings is 1. The molecular formula is C17H19N3OS. The number of fused-ring (bicyclic) bond motifs is 1. The molecule has 114 valence electrons. The van der Waals surface area contributed by atoms with Gasteiger partial charge in [0.1, 0.15) is 5.01 Å². The zero-order valence-corrected chi connectivity index (χ0v) is 13.6. The summed E-state index contributed by atoms with van der Waals surface area (Å²) in [6, 6.07) is 6.19. The predicted octanol–water partition coefficient (Wildman–Crippen LogP) is 4.30. The van der Waals surface area contributed by atoms with Crippen molar-refractivity contribution in [1.29, 1.82) is 0 Å². The fourth-order valence-corrected chi connectivity index (χ4v) is 4.07. The molecule has 2 heterocycles. The van der Waals surface area contributed by atoms with Crippen molar-refractivity contribution in [3.05, 3.63) is 39.8 Å². The van der Waals surface area contributed by atoms with Crippen molar-refractivity contribution >= 4 is 22.4 Å². The number of benzene rings is 1. The highest BCUT2D eigenvalue weighted by atomic mass is 32.1. The van der Waals surface area contributed by atoms with Crippen molar-refractivity contribution in [2.45, 2.75) is 45.1 Å². The molecule has 4 rings (SSSR count). The molecule has 2 aromatic heterocycles. The number of rotatable bonds is 3. The van der Waals surface area contributed by atoms with E-state index in [2.05, 4.69) is 10.4 Å². The van der Waals surface area contributed by atoms with Crippen molar-refractivity contribution in [2.24, 2.45) is 0 Å². The average molecular weight is 313 g/mol. The van der Waals surface area contributed by atoms with E-state index in [0.29, 0.717) is 5.92 Å². The lowest BCUT2D eigenvalue weighted by Gasteiger charge is -2.22. The van der Waals surface area contributed by atoms with Crippen molar-refractivity contribution in [1.82, 2.24) is 14.5 Å². The summed E-state index contributed by atoms with van der Waals surface area (Å²) in [5.74, 6) is 0.642. The first-order valence-electron chi connectivity index (χ1n) is 7.84. The Morgan fingerprint density at radius 3 is 2.86 bits per heavy atom. The molecule has 0 radical (unpaired) electrons. The predicted molar refractivity (Wildman–Crippen MR) is 90.6 cm³/mol. The molecule has 1 aliphatic carbocycles. The highest BCUT2D eigenvalue weighted by molar-refractivity contribution is 7.13. The smallest absolute Gasteiger partial charge is 0.305 e.